The van der Waals surface area contributed by atoms with E-state index < -0.39 is 49.3 Å². The minimum Gasteiger partial charge on any atom is -0.490 e. The van der Waals surface area contributed by atoms with Crippen LogP contribution in [0.2, 0.25) is 0 Å². The second kappa shape index (κ2) is 12.1. The zero-order chi connectivity index (χ0) is 31.0. The zero-order valence-corrected chi connectivity index (χ0v) is 26.0. The average Bonchev–Trinajstić information content (AvgIpc) is 2.79. The van der Waals surface area contributed by atoms with Gasteiger partial charge >= 0.3 is 20.1 Å². The van der Waals surface area contributed by atoms with Crippen LogP contribution in [0.1, 0.15) is 97.3 Å². The number of carbonyl (C=O) groups excluding carboxylic acids is 1. The van der Waals surface area contributed by atoms with E-state index in [1.54, 1.807) is 33.8 Å². The van der Waals surface area contributed by atoms with Crippen LogP contribution in [-0.4, -0.2) is 39.7 Å². The Bertz CT molecular complexity index is 1130. The van der Waals surface area contributed by atoms with Crippen molar-refractivity contribution in [1.82, 2.24) is 5.32 Å². The Morgan fingerprint density at radius 2 is 1.59 bits per heavy atom. The summed E-state index contributed by atoms with van der Waals surface area (Å²) in [6.45, 7) is 12.6. The molecule has 0 radical (unpaired) electrons. The summed E-state index contributed by atoms with van der Waals surface area (Å²) in [6, 6.07) is 3.01. The van der Waals surface area contributed by atoms with E-state index in [2.05, 4.69) is 26.1 Å². The Hall–Kier alpha value is -1.81. The SMILES string of the molecule is CC(C)(C)OC(=O)N[C@@](C)(COP(=O)(O)O)[C@H]1CCc2c(ccc(OC3CCC(C(C)(C)C)CC3)c2C(F)(F)F)C1. The van der Waals surface area contributed by atoms with Crippen LogP contribution in [0.4, 0.5) is 18.0 Å². The van der Waals surface area contributed by atoms with E-state index in [-0.39, 0.29) is 42.1 Å². The number of carbonyl (C=O) groups is 1. The summed E-state index contributed by atoms with van der Waals surface area (Å²) in [7, 11) is -4.89. The maximum Gasteiger partial charge on any atom is 0.469 e. The van der Waals surface area contributed by atoms with E-state index in [0.717, 1.165) is 12.8 Å². The first-order valence-electron chi connectivity index (χ1n) is 14.2. The van der Waals surface area contributed by atoms with Gasteiger partial charge in [0.05, 0.1) is 18.2 Å². The molecule has 2 aliphatic rings. The third-order valence-electron chi connectivity index (χ3n) is 8.28. The predicted molar refractivity (Wildman–Crippen MR) is 149 cm³/mol. The summed E-state index contributed by atoms with van der Waals surface area (Å²) in [5.74, 6) is -0.147. The van der Waals surface area contributed by atoms with Crippen molar-refractivity contribution in [1.29, 1.82) is 0 Å². The van der Waals surface area contributed by atoms with E-state index in [4.69, 9.17) is 14.0 Å². The minimum atomic E-state index is -4.89. The molecule has 1 saturated carbocycles. The number of ether oxygens (including phenoxy) is 2. The summed E-state index contributed by atoms with van der Waals surface area (Å²) < 4.78 is 71.0. The number of fused-ring (bicyclic) bond motifs is 1. The second-order valence-corrected chi connectivity index (χ2v) is 15.0. The van der Waals surface area contributed by atoms with Crippen LogP contribution < -0.4 is 10.1 Å². The molecule has 8 nitrogen and oxygen atoms in total. The number of hydrogen-bond acceptors (Lipinski definition) is 5. The first-order valence-corrected chi connectivity index (χ1v) is 15.7. The lowest BCUT2D eigenvalue weighted by Crippen LogP contribution is -2.56. The molecule has 1 fully saturated rings. The number of rotatable bonds is 7. The lowest BCUT2D eigenvalue weighted by atomic mass is 9.72. The van der Waals surface area contributed by atoms with Crippen molar-refractivity contribution in [3.05, 3.63) is 28.8 Å². The van der Waals surface area contributed by atoms with Crippen LogP contribution in [0.3, 0.4) is 0 Å². The Labute approximate surface area is 241 Å². The van der Waals surface area contributed by atoms with Crippen LogP contribution in [0.25, 0.3) is 0 Å². The quantitative estimate of drug-likeness (QED) is 0.281. The van der Waals surface area contributed by atoms with Crippen LogP contribution in [-0.2, 0) is 32.8 Å². The van der Waals surface area contributed by atoms with Crippen molar-refractivity contribution in [3.8, 4) is 5.75 Å². The molecule has 12 heteroatoms. The Kier molecular flexibility index (Phi) is 9.91. The highest BCUT2D eigenvalue weighted by atomic mass is 31.2. The number of hydrogen-bond donors (Lipinski definition) is 3. The molecule has 0 aliphatic heterocycles. The molecule has 3 N–H and O–H groups in total. The fourth-order valence-corrected chi connectivity index (χ4v) is 6.46. The lowest BCUT2D eigenvalue weighted by molar-refractivity contribution is -0.140. The van der Waals surface area contributed by atoms with Crippen LogP contribution in [0.15, 0.2) is 12.1 Å². The van der Waals surface area contributed by atoms with Gasteiger partial charge in [-0.05, 0) is 107 Å². The number of alkyl carbamates (subject to hydrolysis) is 1. The van der Waals surface area contributed by atoms with Crippen molar-refractivity contribution in [3.63, 3.8) is 0 Å². The van der Waals surface area contributed by atoms with Crippen LogP contribution >= 0.6 is 7.82 Å². The van der Waals surface area contributed by atoms with E-state index in [0.29, 0.717) is 24.3 Å². The summed E-state index contributed by atoms with van der Waals surface area (Å²) in [5, 5.41) is 2.67. The highest BCUT2D eigenvalue weighted by Crippen LogP contribution is 2.47. The summed E-state index contributed by atoms with van der Waals surface area (Å²) in [6.07, 6.45) is -2.12. The van der Waals surface area contributed by atoms with Crippen molar-refractivity contribution < 1.29 is 46.3 Å². The molecule has 3 rings (SSSR count). The number of nitrogens with one attached hydrogen (secondary N) is 1. The van der Waals surface area contributed by atoms with Gasteiger partial charge in [-0.15, -0.1) is 0 Å². The maximum absolute atomic E-state index is 14.5. The minimum absolute atomic E-state index is 0.0459. The highest BCUT2D eigenvalue weighted by Gasteiger charge is 2.45. The van der Waals surface area contributed by atoms with Gasteiger partial charge in [0, 0.05) is 0 Å². The van der Waals surface area contributed by atoms with E-state index in [1.807, 2.05) is 0 Å². The number of amides is 1. The van der Waals surface area contributed by atoms with E-state index in [1.165, 1.54) is 6.07 Å². The van der Waals surface area contributed by atoms with Gasteiger partial charge in [-0.2, -0.15) is 13.2 Å². The standard InChI is InChI=1S/C29H45F3NO7P/c1-26(2,3)19-9-12-21(13-10-19)39-23-15-8-18-16-20(11-14-22(18)24(23)29(30,31)32)28(7,17-38-41(35,36)37)33-25(34)40-27(4,5)6/h8,15,19-21H,9-14,16-17H2,1-7H3,(H,33,34)(H2,35,36,37)/t19?,20-,21?,28-/m0/s1. The Balaban J connectivity index is 1.86. The molecular formula is C29H45F3NO7P. The third-order valence-corrected chi connectivity index (χ3v) is 8.74. The molecule has 0 spiro atoms. The average molecular weight is 608 g/mol. The largest absolute Gasteiger partial charge is 0.490 e. The molecule has 1 aromatic rings. The number of alkyl halides is 3. The van der Waals surface area contributed by atoms with Crippen molar-refractivity contribution in [2.24, 2.45) is 17.3 Å². The first kappa shape index (κ1) is 33.7. The fraction of sp³-hybridized carbons (Fsp3) is 0.759. The van der Waals surface area contributed by atoms with Crippen molar-refractivity contribution in [2.75, 3.05) is 6.61 Å². The summed E-state index contributed by atoms with van der Waals surface area (Å²) in [4.78, 5) is 31.3. The van der Waals surface area contributed by atoms with Gasteiger partial charge in [0.2, 0.25) is 0 Å². The predicted octanol–water partition coefficient (Wildman–Crippen LogP) is 7.19. The van der Waals surface area contributed by atoms with Crippen LogP contribution in [0.5, 0.6) is 5.75 Å². The van der Waals surface area contributed by atoms with Crippen LogP contribution in [0, 0.1) is 17.3 Å². The van der Waals surface area contributed by atoms with Gasteiger partial charge in [-0.3, -0.25) is 4.52 Å². The topological polar surface area (TPSA) is 114 Å². The fourth-order valence-electron chi connectivity index (χ4n) is 6.02. The second-order valence-electron chi connectivity index (χ2n) is 13.8. The molecule has 234 valence electrons. The number of benzene rings is 1. The number of phosphoric ester groups is 1. The van der Waals surface area contributed by atoms with Crippen molar-refractivity contribution >= 4 is 13.9 Å². The molecule has 41 heavy (non-hydrogen) atoms. The molecule has 0 bridgehead atoms. The zero-order valence-electron chi connectivity index (χ0n) is 25.1. The first-order chi connectivity index (χ1) is 18.6. The molecule has 2 atom stereocenters. The van der Waals surface area contributed by atoms with Gasteiger partial charge in [0.15, 0.2) is 0 Å². The van der Waals surface area contributed by atoms with Gasteiger partial charge < -0.3 is 24.6 Å². The Morgan fingerprint density at radius 3 is 2.10 bits per heavy atom. The molecule has 0 unspecified atom stereocenters. The third kappa shape index (κ3) is 9.34. The monoisotopic (exact) mass is 607 g/mol. The van der Waals surface area contributed by atoms with E-state index >= 15 is 0 Å². The Morgan fingerprint density at radius 1 is 0.976 bits per heavy atom. The molecular weight excluding hydrogens is 562 g/mol. The van der Waals surface area contributed by atoms with E-state index in [9.17, 15) is 32.3 Å². The highest BCUT2D eigenvalue weighted by molar-refractivity contribution is 7.46. The molecule has 2 aliphatic carbocycles. The van der Waals surface area contributed by atoms with Gasteiger partial charge in [-0.1, -0.05) is 26.8 Å². The number of halogens is 3. The van der Waals surface area contributed by atoms with Gasteiger partial charge in [-0.25, -0.2) is 9.36 Å². The number of phosphoric acid groups is 1. The summed E-state index contributed by atoms with van der Waals surface area (Å²) in [5.41, 5.74) is -2.18. The molecule has 1 amide bonds. The summed E-state index contributed by atoms with van der Waals surface area (Å²) >= 11 is 0. The van der Waals surface area contributed by atoms with Crippen molar-refractivity contribution in [2.45, 2.75) is 117 Å². The van der Waals surface area contributed by atoms with Gasteiger partial charge in [0.25, 0.3) is 0 Å². The molecule has 1 aromatic carbocycles. The molecule has 0 saturated heterocycles. The lowest BCUT2D eigenvalue weighted by Gasteiger charge is -2.41. The smallest absolute Gasteiger partial charge is 0.469 e. The maximum atomic E-state index is 14.5. The molecule has 0 aromatic heterocycles. The molecule has 0 heterocycles. The van der Waals surface area contributed by atoms with Gasteiger partial charge in [0.1, 0.15) is 16.9 Å². The normalized spacial score (nSPS) is 23.8.